The molecule has 0 heterocycles. The molecule has 0 aliphatic carbocycles. The van der Waals surface area contributed by atoms with E-state index in [-0.39, 0.29) is 23.2 Å². The van der Waals surface area contributed by atoms with Crippen molar-refractivity contribution in [3.05, 3.63) is 54.1 Å². The first-order valence-electron chi connectivity index (χ1n) is 9.57. The Hall–Kier alpha value is -2.60. The molecule has 0 saturated carbocycles. The maximum atomic E-state index is 12.4. The first-order valence-corrected chi connectivity index (χ1v) is 9.97. The van der Waals surface area contributed by atoms with Crippen molar-refractivity contribution < 1.29 is 14.3 Å². The average molecular weight is 401 g/mol. The molecule has 2 aromatic rings. The molecule has 0 spiro atoms. The summed E-state index contributed by atoms with van der Waals surface area (Å²) in [5, 5.41) is 5.93. The van der Waals surface area contributed by atoms with Crippen LogP contribution in [0.2, 0.25) is 0 Å². The Balaban J connectivity index is 1.92. The number of nitrogens with one attached hydrogen (secondary N) is 2. The molecule has 28 heavy (non-hydrogen) atoms. The Labute approximate surface area is 172 Å². The van der Waals surface area contributed by atoms with Gasteiger partial charge >= 0.3 is 0 Å². The Bertz CT molecular complexity index is 793. The number of hydrogen-bond acceptors (Lipinski definition) is 4. The number of rotatable bonds is 8. The van der Waals surface area contributed by atoms with Gasteiger partial charge in [-0.05, 0) is 75.3 Å². The predicted octanol–water partition coefficient (Wildman–Crippen LogP) is 5.17. The van der Waals surface area contributed by atoms with E-state index in [0.29, 0.717) is 5.56 Å². The van der Waals surface area contributed by atoms with Crippen LogP contribution in [-0.2, 0) is 0 Å². The number of carbonyl (C=O) groups excluding carboxylic acids is 1. The number of carbonyl (C=O) groups is 1. The lowest BCUT2D eigenvalue weighted by Crippen LogP contribution is -2.34. The number of thiocarbonyl (C=S) groups is 1. The first-order chi connectivity index (χ1) is 13.4. The van der Waals surface area contributed by atoms with Gasteiger partial charge in [-0.1, -0.05) is 19.9 Å². The van der Waals surface area contributed by atoms with Crippen LogP contribution in [0, 0.1) is 0 Å². The molecular formula is C22H28N2O3S. The molecule has 6 heteroatoms. The monoisotopic (exact) mass is 400 g/mol. The van der Waals surface area contributed by atoms with Crippen molar-refractivity contribution in [1.82, 2.24) is 5.32 Å². The predicted molar refractivity (Wildman–Crippen MR) is 117 cm³/mol. The molecule has 2 rings (SSSR count). The molecule has 2 N–H and O–H groups in total. The van der Waals surface area contributed by atoms with Crippen LogP contribution in [-0.4, -0.2) is 23.2 Å². The molecule has 2 unspecified atom stereocenters. The molecule has 0 aliphatic heterocycles. The maximum Gasteiger partial charge on any atom is 0.257 e. The molecule has 0 fully saturated rings. The molecule has 1 amide bonds. The van der Waals surface area contributed by atoms with Crippen LogP contribution in [0.1, 0.15) is 50.9 Å². The van der Waals surface area contributed by atoms with E-state index in [9.17, 15) is 4.79 Å². The third-order valence-corrected chi connectivity index (χ3v) is 4.46. The van der Waals surface area contributed by atoms with E-state index in [1.165, 1.54) is 0 Å². The number of ether oxygens (including phenoxy) is 2. The highest BCUT2D eigenvalue weighted by atomic mass is 32.1. The van der Waals surface area contributed by atoms with E-state index < -0.39 is 0 Å². The largest absolute Gasteiger partial charge is 0.491 e. The van der Waals surface area contributed by atoms with Gasteiger partial charge in [-0.15, -0.1) is 0 Å². The molecular weight excluding hydrogens is 372 g/mol. The summed E-state index contributed by atoms with van der Waals surface area (Å²) in [6.45, 7) is 8.16. The van der Waals surface area contributed by atoms with Crippen LogP contribution < -0.4 is 20.1 Å². The highest BCUT2D eigenvalue weighted by Crippen LogP contribution is 2.19. The van der Waals surface area contributed by atoms with Gasteiger partial charge in [-0.25, -0.2) is 0 Å². The number of anilines is 1. The molecule has 0 saturated heterocycles. The molecule has 2 atom stereocenters. The maximum absolute atomic E-state index is 12.4. The van der Waals surface area contributed by atoms with Crippen molar-refractivity contribution in [1.29, 1.82) is 0 Å². The van der Waals surface area contributed by atoms with Crippen LogP contribution in [0.3, 0.4) is 0 Å². The smallest absolute Gasteiger partial charge is 0.257 e. The minimum Gasteiger partial charge on any atom is -0.491 e. The minimum atomic E-state index is -0.278. The van der Waals surface area contributed by atoms with Gasteiger partial charge < -0.3 is 14.8 Å². The van der Waals surface area contributed by atoms with Crippen LogP contribution in [0.25, 0.3) is 0 Å². The van der Waals surface area contributed by atoms with Crippen molar-refractivity contribution in [2.24, 2.45) is 0 Å². The summed E-state index contributed by atoms with van der Waals surface area (Å²) in [5.74, 6) is 1.22. The van der Waals surface area contributed by atoms with Crippen LogP contribution in [0.15, 0.2) is 48.5 Å². The molecule has 150 valence electrons. The van der Waals surface area contributed by atoms with Crippen molar-refractivity contribution in [2.45, 2.75) is 52.7 Å². The molecule has 2 aromatic carbocycles. The van der Waals surface area contributed by atoms with Gasteiger partial charge in [0.1, 0.15) is 11.5 Å². The fourth-order valence-corrected chi connectivity index (χ4v) is 2.51. The van der Waals surface area contributed by atoms with Gasteiger partial charge in [0, 0.05) is 17.3 Å². The lowest BCUT2D eigenvalue weighted by Gasteiger charge is -2.15. The summed E-state index contributed by atoms with van der Waals surface area (Å²) in [5.41, 5.74) is 1.26. The van der Waals surface area contributed by atoms with Gasteiger partial charge in [-0.2, -0.15) is 0 Å². The first kappa shape index (κ1) is 21.7. The van der Waals surface area contributed by atoms with E-state index >= 15 is 0 Å². The summed E-state index contributed by atoms with van der Waals surface area (Å²) >= 11 is 5.26. The van der Waals surface area contributed by atoms with E-state index in [1.54, 1.807) is 24.3 Å². The van der Waals surface area contributed by atoms with Gasteiger partial charge in [0.15, 0.2) is 5.11 Å². The Morgan fingerprint density at radius 1 is 0.964 bits per heavy atom. The highest BCUT2D eigenvalue weighted by molar-refractivity contribution is 7.80. The van der Waals surface area contributed by atoms with Crippen LogP contribution in [0.4, 0.5) is 5.69 Å². The average Bonchev–Trinajstić information content (AvgIpc) is 2.68. The fourth-order valence-electron chi connectivity index (χ4n) is 2.30. The molecule has 0 radical (unpaired) electrons. The van der Waals surface area contributed by atoms with Crippen molar-refractivity contribution in [3.63, 3.8) is 0 Å². The zero-order valence-corrected chi connectivity index (χ0v) is 17.6. The number of amides is 1. The van der Waals surface area contributed by atoms with Crippen LogP contribution >= 0.6 is 12.2 Å². The summed E-state index contributed by atoms with van der Waals surface area (Å²) in [4.78, 5) is 12.4. The van der Waals surface area contributed by atoms with E-state index in [1.807, 2.05) is 38.1 Å². The third kappa shape index (κ3) is 6.85. The third-order valence-electron chi connectivity index (χ3n) is 4.26. The van der Waals surface area contributed by atoms with Crippen molar-refractivity contribution in [2.75, 3.05) is 5.32 Å². The van der Waals surface area contributed by atoms with Crippen LogP contribution in [0.5, 0.6) is 11.5 Å². The highest BCUT2D eigenvalue weighted by Gasteiger charge is 2.10. The van der Waals surface area contributed by atoms with E-state index in [2.05, 4.69) is 24.5 Å². The summed E-state index contributed by atoms with van der Waals surface area (Å²) in [6, 6.07) is 14.5. The SMILES string of the molecule is CCC(C)Oc1ccc(C(=O)NC(=S)Nc2cccc(OC(C)CC)c2)cc1. The summed E-state index contributed by atoms with van der Waals surface area (Å²) < 4.78 is 11.5. The zero-order valence-electron chi connectivity index (χ0n) is 16.8. The van der Waals surface area contributed by atoms with Gasteiger partial charge in [0.05, 0.1) is 12.2 Å². The van der Waals surface area contributed by atoms with Gasteiger partial charge in [-0.3, -0.25) is 10.1 Å². The Morgan fingerprint density at radius 2 is 1.57 bits per heavy atom. The molecule has 0 aromatic heterocycles. The van der Waals surface area contributed by atoms with E-state index in [0.717, 1.165) is 30.0 Å². The summed E-state index contributed by atoms with van der Waals surface area (Å²) in [7, 11) is 0. The molecule has 0 aliphatic rings. The lowest BCUT2D eigenvalue weighted by molar-refractivity contribution is 0.0977. The van der Waals surface area contributed by atoms with E-state index in [4.69, 9.17) is 21.7 Å². The lowest BCUT2D eigenvalue weighted by atomic mass is 10.2. The number of benzene rings is 2. The Morgan fingerprint density at radius 3 is 2.18 bits per heavy atom. The van der Waals surface area contributed by atoms with Gasteiger partial charge in [0.2, 0.25) is 0 Å². The zero-order chi connectivity index (χ0) is 20.5. The Kier molecular flexibility index (Phi) is 8.26. The second kappa shape index (κ2) is 10.7. The van der Waals surface area contributed by atoms with Gasteiger partial charge in [0.25, 0.3) is 5.91 Å². The second-order valence-corrected chi connectivity index (χ2v) is 7.04. The quantitative estimate of drug-likeness (QED) is 0.599. The number of hydrogen-bond donors (Lipinski definition) is 2. The molecule has 5 nitrogen and oxygen atoms in total. The minimum absolute atomic E-state index is 0.133. The molecule has 0 bridgehead atoms. The van der Waals surface area contributed by atoms with Crippen molar-refractivity contribution in [3.8, 4) is 11.5 Å². The summed E-state index contributed by atoms with van der Waals surface area (Å²) in [6.07, 6.45) is 2.12. The second-order valence-electron chi connectivity index (χ2n) is 6.63. The normalized spacial score (nSPS) is 12.6. The standard InChI is InChI=1S/C22H28N2O3S/c1-5-15(3)26-19-12-10-17(11-13-19)21(25)24-22(28)23-18-8-7-9-20(14-18)27-16(4)6-2/h7-16H,5-6H2,1-4H3,(H2,23,24,25,28). The van der Waals surface area contributed by atoms with Crippen molar-refractivity contribution >= 4 is 28.9 Å². The topological polar surface area (TPSA) is 59.6 Å². The fraction of sp³-hybridized carbons (Fsp3) is 0.364.